The van der Waals surface area contributed by atoms with Crippen LogP contribution in [-0.4, -0.2) is 49.8 Å². The number of sulfonamides is 1. The van der Waals surface area contributed by atoms with Crippen LogP contribution in [0.1, 0.15) is 19.4 Å². The molecular weight excluding hydrogens is 410 g/mol. The van der Waals surface area contributed by atoms with E-state index >= 15 is 0 Å². The molecule has 0 saturated carbocycles. The predicted octanol–water partition coefficient (Wildman–Crippen LogP) is 2.59. The fourth-order valence-electron chi connectivity index (χ4n) is 3.42. The molecular formula is C20H23N3O6S. The van der Waals surface area contributed by atoms with Gasteiger partial charge in [-0.05, 0) is 36.2 Å². The Labute approximate surface area is 175 Å². The Morgan fingerprint density at radius 3 is 2.60 bits per heavy atom. The van der Waals surface area contributed by atoms with Crippen molar-refractivity contribution < 1.29 is 22.9 Å². The van der Waals surface area contributed by atoms with E-state index in [1.165, 1.54) is 28.6 Å². The van der Waals surface area contributed by atoms with Gasteiger partial charge in [0.25, 0.3) is 11.6 Å². The Hall–Kier alpha value is -2.98. The maximum Gasteiger partial charge on any atom is 0.273 e. The van der Waals surface area contributed by atoms with Gasteiger partial charge in [0.2, 0.25) is 10.0 Å². The Balaban J connectivity index is 1.73. The molecule has 1 aliphatic heterocycles. The Morgan fingerprint density at radius 2 is 1.93 bits per heavy atom. The lowest BCUT2D eigenvalue weighted by atomic mass is 10.2. The van der Waals surface area contributed by atoms with Crippen LogP contribution in [0.3, 0.4) is 0 Å². The fourth-order valence-corrected chi connectivity index (χ4v) is 4.93. The largest absolute Gasteiger partial charge is 0.483 e. The number of rotatable bonds is 8. The number of nitro groups is 1. The average Bonchev–Trinajstić information content (AvgIpc) is 3.16. The molecule has 2 aromatic rings. The molecule has 2 aromatic carbocycles. The molecule has 0 spiro atoms. The van der Waals surface area contributed by atoms with Crippen LogP contribution in [0, 0.1) is 10.1 Å². The zero-order valence-corrected chi connectivity index (χ0v) is 17.6. The topological polar surface area (TPSA) is 110 Å². The van der Waals surface area contributed by atoms with E-state index < -0.39 is 14.9 Å². The Kier molecular flexibility index (Phi) is 6.37. The highest BCUT2D eigenvalue weighted by atomic mass is 32.2. The van der Waals surface area contributed by atoms with Crippen molar-refractivity contribution in [3.8, 4) is 5.75 Å². The number of nitro benzene ring substituents is 1. The number of anilines is 1. The summed E-state index contributed by atoms with van der Waals surface area (Å²) in [5.41, 5.74) is 1.32. The number of non-ortho nitro benzene ring substituents is 1. The second kappa shape index (κ2) is 8.80. The van der Waals surface area contributed by atoms with Gasteiger partial charge in [0.05, 0.1) is 15.9 Å². The van der Waals surface area contributed by atoms with Crippen LogP contribution in [0.5, 0.6) is 5.75 Å². The standard InChI is InChI=1S/C20H23N3O6S/c1-3-21(4-2)30(27,28)18-8-9-19-15(12-18)10-11-22(19)20(24)14-29-17-7-5-6-16(13-17)23(25)26/h5-9,12-13H,3-4,10-11,14H2,1-2H3. The smallest absolute Gasteiger partial charge is 0.273 e. The predicted molar refractivity (Wildman–Crippen MR) is 111 cm³/mol. The van der Waals surface area contributed by atoms with Crippen LogP contribution in [-0.2, 0) is 21.2 Å². The molecule has 1 heterocycles. The lowest BCUT2D eigenvalue weighted by molar-refractivity contribution is -0.384. The zero-order valence-electron chi connectivity index (χ0n) is 16.8. The highest BCUT2D eigenvalue weighted by Crippen LogP contribution is 2.31. The molecule has 0 aromatic heterocycles. The fraction of sp³-hybridized carbons (Fsp3) is 0.350. The van der Waals surface area contributed by atoms with E-state index in [1.807, 2.05) is 0 Å². The first-order chi connectivity index (χ1) is 14.3. The van der Waals surface area contributed by atoms with Crippen LogP contribution < -0.4 is 9.64 Å². The van der Waals surface area contributed by atoms with Crippen LogP contribution >= 0.6 is 0 Å². The molecule has 0 saturated heterocycles. The summed E-state index contributed by atoms with van der Waals surface area (Å²) in [5.74, 6) is -0.0720. The van der Waals surface area contributed by atoms with E-state index in [2.05, 4.69) is 0 Å². The molecule has 10 heteroatoms. The molecule has 0 radical (unpaired) electrons. The number of amides is 1. The van der Waals surface area contributed by atoms with Crippen molar-refractivity contribution in [2.24, 2.45) is 0 Å². The number of hydrogen-bond acceptors (Lipinski definition) is 6. The molecule has 1 amide bonds. The molecule has 9 nitrogen and oxygen atoms in total. The van der Waals surface area contributed by atoms with Crippen molar-refractivity contribution >= 4 is 27.3 Å². The molecule has 0 unspecified atom stereocenters. The normalized spacial score (nSPS) is 13.4. The molecule has 0 fully saturated rings. The summed E-state index contributed by atoms with van der Waals surface area (Å²) < 4.78 is 32.3. The number of fused-ring (bicyclic) bond motifs is 1. The summed E-state index contributed by atoms with van der Waals surface area (Å²) in [6, 6.07) is 10.4. The summed E-state index contributed by atoms with van der Waals surface area (Å²) in [6.07, 6.45) is 0.541. The first-order valence-electron chi connectivity index (χ1n) is 9.58. The van der Waals surface area contributed by atoms with Crippen LogP contribution in [0.15, 0.2) is 47.4 Å². The van der Waals surface area contributed by atoms with Gasteiger partial charge in [-0.2, -0.15) is 4.31 Å². The number of benzene rings is 2. The first-order valence-corrected chi connectivity index (χ1v) is 11.0. The van der Waals surface area contributed by atoms with E-state index in [1.54, 1.807) is 36.9 Å². The van der Waals surface area contributed by atoms with Gasteiger partial charge in [0.1, 0.15) is 5.75 Å². The van der Waals surface area contributed by atoms with E-state index in [0.29, 0.717) is 31.7 Å². The van der Waals surface area contributed by atoms with Crippen LogP contribution in [0.2, 0.25) is 0 Å². The SMILES string of the molecule is CCN(CC)S(=O)(=O)c1ccc2c(c1)CCN2C(=O)COc1cccc([N+](=O)[O-])c1. The van der Waals surface area contributed by atoms with Crippen LogP contribution in [0.25, 0.3) is 0 Å². The average molecular weight is 433 g/mol. The number of carbonyl (C=O) groups is 1. The highest BCUT2D eigenvalue weighted by Gasteiger charge is 2.28. The maximum absolute atomic E-state index is 12.7. The van der Waals surface area contributed by atoms with Gasteiger partial charge in [-0.15, -0.1) is 0 Å². The van der Waals surface area contributed by atoms with Gasteiger partial charge in [-0.1, -0.05) is 19.9 Å². The second-order valence-corrected chi connectivity index (χ2v) is 8.66. The third kappa shape index (κ3) is 4.29. The van der Waals surface area contributed by atoms with Gasteiger partial charge >= 0.3 is 0 Å². The van der Waals surface area contributed by atoms with Crippen molar-refractivity contribution in [2.45, 2.75) is 25.2 Å². The van der Waals surface area contributed by atoms with Crippen molar-refractivity contribution in [1.29, 1.82) is 0 Å². The minimum absolute atomic E-state index is 0.117. The minimum Gasteiger partial charge on any atom is -0.483 e. The lowest BCUT2D eigenvalue weighted by Crippen LogP contribution is -2.33. The summed E-state index contributed by atoms with van der Waals surface area (Å²) in [4.78, 5) is 24.7. The molecule has 0 atom stereocenters. The summed E-state index contributed by atoms with van der Waals surface area (Å²) in [5, 5.41) is 10.8. The number of carbonyl (C=O) groups excluding carboxylic acids is 1. The monoisotopic (exact) mass is 433 g/mol. The summed E-state index contributed by atoms with van der Waals surface area (Å²) >= 11 is 0. The highest BCUT2D eigenvalue weighted by molar-refractivity contribution is 7.89. The maximum atomic E-state index is 12.7. The first kappa shape index (κ1) is 21.7. The van der Waals surface area contributed by atoms with Gasteiger partial charge in [0.15, 0.2) is 6.61 Å². The van der Waals surface area contributed by atoms with Gasteiger partial charge in [0, 0.05) is 31.4 Å². The quantitative estimate of drug-likeness (QED) is 0.467. The van der Waals surface area contributed by atoms with E-state index in [4.69, 9.17) is 4.74 Å². The summed E-state index contributed by atoms with van der Waals surface area (Å²) in [7, 11) is -3.57. The zero-order chi connectivity index (χ0) is 21.9. The number of ether oxygens (including phenoxy) is 1. The van der Waals surface area contributed by atoms with Crippen molar-refractivity contribution in [3.63, 3.8) is 0 Å². The Morgan fingerprint density at radius 1 is 1.20 bits per heavy atom. The number of hydrogen-bond donors (Lipinski definition) is 0. The molecule has 3 rings (SSSR count). The summed E-state index contributed by atoms with van der Waals surface area (Å²) in [6.45, 7) is 4.48. The second-order valence-electron chi connectivity index (χ2n) is 6.72. The molecule has 160 valence electrons. The molecule has 1 aliphatic rings. The van der Waals surface area contributed by atoms with Gasteiger partial charge in [-0.25, -0.2) is 8.42 Å². The van der Waals surface area contributed by atoms with E-state index in [9.17, 15) is 23.3 Å². The molecule has 30 heavy (non-hydrogen) atoms. The lowest BCUT2D eigenvalue weighted by Gasteiger charge is -2.20. The number of nitrogens with zero attached hydrogens (tertiary/aromatic N) is 3. The minimum atomic E-state index is -3.57. The third-order valence-corrected chi connectivity index (χ3v) is 7.03. The van der Waals surface area contributed by atoms with Crippen molar-refractivity contribution in [1.82, 2.24) is 4.31 Å². The van der Waals surface area contributed by atoms with E-state index in [0.717, 1.165) is 5.56 Å². The third-order valence-electron chi connectivity index (χ3n) is 4.98. The van der Waals surface area contributed by atoms with Crippen molar-refractivity contribution in [3.05, 3.63) is 58.1 Å². The van der Waals surface area contributed by atoms with Crippen molar-refractivity contribution in [2.75, 3.05) is 31.1 Å². The molecule has 0 bridgehead atoms. The van der Waals surface area contributed by atoms with E-state index in [-0.39, 0.29) is 28.8 Å². The Bertz CT molecular complexity index is 1070. The van der Waals surface area contributed by atoms with Crippen LogP contribution in [0.4, 0.5) is 11.4 Å². The van der Waals surface area contributed by atoms with Gasteiger partial charge in [-0.3, -0.25) is 14.9 Å². The van der Waals surface area contributed by atoms with Gasteiger partial charge < -0.3 is 9.64 Å². The molecule has 0 aliphatic carbocycles. The molecule has 0 N–H and O–H groups in total.